The van der Waals surface area contributed by atoms with Crippen LogP contribution in [0, 0.1) is 0 Å². The molecule has 0 aliphatic rings. The lowest BCUT2D eigenvalue weighted by molar-refractivity contribution is -0.132. The maximum Gasteiger partial charge on any atom is 0.239 e. The van der Waals surface area contributed by atoms with Crippen LogP contribution in [-0.2, 0) is 19.4 Å². The molecule has 0 aromatic heterocycles. The van der Waals surface area contributed by atoms with Crippen molar-refractivity contribution in [3.63, 3.8) is 0 Å². The van der Waals surface area contributed by atoms with E-state index in [1.54, 1.807) is 37.3 Å². The smallest absolute Gasteiger partial charge is 0.239 e. The van der Waals surface area contributed by atoms with Crippen LogP contribution in [0.2, 0.25) is 0 Å². The lowest BCUT2D eigenvalue weighted by atomic mass is 10.1. The number of sulfone groups is 1. The molecule has 0 spiro atoms. The van der Waals surface area contributed by atoms with Gasteiger partial charge in [0.15, 0.2) is 9.84 Å². The second-order valence-corrected chi connectivity index (χ2v) is 8.32. The van der Waals surface area contributed by atoms with Gasteiger partial charge in [-0.25, -0.2) is 8.42 Å². The molecule has 0 saturated carbocycles. The van der Waals surface area contributed by atoms with Crippen LogP contribution >= 0.6 is 0 Å². The summed E-state index contributed by atoms with van der Waals surface area (Å²) in [6.45, 7) is 7.71. The minimum absolute atomic E-state index is 0.411. The lowest BCUT2D eigenvalue weighted by Gasteiger charge is -2.34. The summed E-state index contributed by atoms with van der Waals surface area (Å²) in [5.41, 5.74) is 0.0529. The minimum atomic E-state index is -3.82. The Morgan fingerprint density at radius 3 is 2.13 bits per heavy atom. The van der Waals surface area contributed by atoms with E-state index in [4.69, 9.17) is 0 Å². The summed E-state index contributed by atoms with van der Waals surface area (Å²) in [5, 5.41) is 2.50. The Bertz CT molecular complexity index is 648. The molecule has 0 atom stereocenters. The third-order valence-corrected chi connectivity index (χ3v) is 4.57. The second kappa shape index (κ2) is 7.59. The fraction of sp³-hybridized carbons (Fsp3) is 0.500. The van der Waals surface area contributed by atoms with E-state index in [0.717, 1.165) is 0 Å². The Labute approximate surface area is 137 Å². The minimum Gasteiger partial charge on any atom is -0.337 e. The van der Waals surface area contributed by atoms with E-state index in [-0.39, 0.29) is 0 Å². The standard InChI is InChI=1S/C16H24N2O4S/c1-5-18(16(2,3)4)15(20)12-23(21,22)11-14(19)17-13-9-7-6-8-10-13/h6-10H,5,11-12H2,1-4H3,(H,17,19). The topological polar surface area (TPSA) is 83.6 Å². The number of rotatable bonds is 6. The number of carbonyl (C=O) groups excluding carboxylic acids is 2. The van der Waals surface area contributed by atoms with E-state index in [1.807, 2.05) is 20.8 Å². The summed E-state index contributed by atoms with van der Waals surface area (Å²) < 4.78 is 24.2. The maximum atomic E-state index is 12.2. The summed E-state index contributed by atoms with van der Waals surface area (Å²) >= 11 is 0. The molecular formula is C16H24N2O4S. The predicted molar refractivity (Wildman–Crippen MR) is 90.9 cm³/mol. The number of benzene rings is 1. The summed E-state index contributed by atoms with van der Waals surface area (Å²) in [6, 6.07) is 8.57. The molecule has 6 nitrogen and oxygen atoms in total. The van der Waals surface area contributed by atoms with Crippen molar-refractivity contribution in [2.45, 2.75) is 33.2 Å². The second-order valence-electron chi connectivity index (χ2n) is 6.26. The van der Waals surface area contributed by atoms with E-state index in [2.05, 4.69) is 5.32 Å². The van der Waals surface area contributed by atoms with Crippen LogP contribution in [0.25, 0.3) is 0 Å². The number of amides is 2. The summed E-state index contributed by atoms with van der Waals surface area (Å²) in [6.07, 6.45) is 0. The number of carbonyl (C=O) groups is 2. The maximum absolute atomic E-state index is 12.2. The highest BCUT2D eigenvalue weighted by molar-refractivity contribution is 7.92. The van der Waals surface area contributed by atoms with Crippen molar-refractivity contribution >= 4 is 27.3 Å². The first-order valence-corrected chi connectivity index (χ1v) is 9.23. The highest BCUT2D eigenvalue weighted by Gasteiger charge is 2.29. The van der Waals surface area contributed by atoms with Gasteiger partial charge in [0.1, 0.15) is 11.5 Å². The molecule has 0 saturated heterocycles. The number of nitrogens with zero attached hydrogens (tertiary/aromatic N) is 1. The first-order valence-electron chi connectivity index (χ1n) is 7.41. The lowest BCUT2D eigenvalue weighted by Crippen LogP contribution is -2.48. The van der Waals surface area contributed by atoms with Gasteiger partial charge in [0.05, 0.1) is 0 Å². The van der Waals surface area contributed by atoms with Crippen molar-refractivity contribution in [1.82, 2.24) is 4.90 Å². The van der Waals surface area contributed by atoms with E-state index in [0.29, 0.717) is 12.2 Å². The van der Waals surface area contributed by atoms with Gasteiger partial charge >= 0.3 is 0 Å². The molecule has 0 radical (unpaired) electrons. The number of nitrogens with one attached hydrogen (secondary N) is 1. The number of anilines is 1. The van der Waals surface area contributed by atoms with E-state index >= 15 is 0 Å². The normalized spacial score (nSPS) is 11.8. The zero-order valence-electron chi connectivity index (χ0n) is 14.0. The fourth-order valence-electron chi connectivity index (χ4n) is 2.26. The van der Waals surface area contributed by atoms with Crippen LogP contribution in [0.3, 0.4) is 0 Å². The average molecular weight is 340 g/mol. The first kappa shape index (κ1) is 19.2. The Morgan fingerprint density at radius 1 is 1.09 bits per heavy atom. The largest absolute Gasteiger partial charge is 0.337 e. The Hall–Kier alpha value is -1.89. The van der Waals surface area contributed by atoms with Crippen LogP contribution in [0.4, 0.5) is 5.69 Å². The van der Waals surface area contributed by atoms with Crippen molar-refractivity contribution in [2.75, 3.05) is 23.4 Å². The molecule has 0 fully saturated rings. The van der Waals surface area contributed by atoms with Crippen molar-refractivity contribution < 1.29 is 18.0 Å². The molecule has 1 aromatic rings. The predicted octanol–water partition coefficient (Wildman–Crippen LogP) is 1.69. The highest BCUT2D eigenvalue weighted by Crippen LogP contribution is 2.14. The molecule has 128 valence electrons. The van der Waals surface area contributed by atoms with Crippen molar-refractivity contribution in [3.8, 4) is 0 Å². The molecule has 0 heterocycles. The van der Waals surface area contributed by atoms with Crippen LogP contribution in [0.15, 0.2) is 30.3 Å². The molecule has 0 aliphatic carbocycles. The summed E-state index contributed by atoms with van der Waals surface area (Å²) in [7, 11) is -3.82. The molecule has 1 aromatic carbocycles. The van der Waals surface area contributed by atoms with Gasteiger partial charge in [0.25, 0.3) is 0 Å². The third-order valence-electron chi connectivity index (χ3n) is 3.18. The van der Waals surface area contributed by atoms with Crippen molar-refractivity contribution in [3.05, 3.63) is 30.3 Å². The molecule has 0 aliphatic heterocycles. The molecule has 1 rings (SSSR count). The Morgan fingerprint density at radius 2 is 1.65 bits per heavy atom. The van der Waals surface area contributed by atoms with Crippen LogP contribution in [0.1, 0.15) is 27.7 Å². The van der Waals surface area contributed by atoms with E-state index < -0.39 is 38.7 Å². The highest BCUT2D eigenvalue weighted by atomic mass is 32.2. The van der Waals surface area contributed by atoms with Gasteiger partial charge in [-0.2, -0.15) is 0 Å². The van der Waals surface area contributed by atoms with Crippen molar-refractivity contribution in [2.24, 2.45) is 0 Å². The first-order chi connectivity index (χ1) is 10.5. The Balaban J connectivity index is 2.69. The zero-order chi connectivity index (χ0) is 17.7. The van der Waals surface area contributed by atoms with Gasteiger partial charge < -0.3 is 10.2 Å². The SMILES string of the molecule is CCN(C(=O)CS(=O)(=O)CC(=O)Nc1ccccc1)C(C)(C)C. The molecule has 7 heteroatoms. The van der Waals surface area contributed by atoms with E-state index in [1.165, 1.54) is 4.90 Å². The van der Waals surface area contributed by atoms with Crippen LogP contribution < -0.4 is 5.32 Å². The summed E-state index contributed by atoms with van der Waals surface area (Å²) in [4.78, 5) is 25.5. The summed E-state index contributed by atoms with van der Waals surface area (Å²) in [5.74, 6) is -2.52. The number of para-hydroxylation sites is 1. The fourth-order valence-corrected chi connectivity index (χ4v) is 3.37. The molecule has 23 heavy (non-hydrogen) atoms. The van der Waals surface area contributed by atoms with Gasteiger partial charge in [-0.15, -0.1) is 0 Å². The van der Waals surface area contributed by atoms with Crippen LogP contribution in [-0.4, -0.2) is 48.7 Å². The molecule has 2 amide bonds. The van der Waals surface area contributed by atoms with Gasteiger partial charge in [-0.3, -0.25) is 9.59 Å². The number of hydrogen-bond acceptors (Lipinski definition) is 4. The number of hydrogen-bond donors (Lipinski definition) is 1. The Kier molecular flexibility index (Phi) is 6.32. The van der Waals surface area contributed by atoms with Gasteiger partial charge in [-0.05, 0) is 39.8 Å². The monoisotopic (exact) mass is 340 g/mol. The van der Waals surface area contributed by atoms with Crippen molar-refractivity contribution in [1.29, 1.82) is 0 Å². The molecule has 0 unspecified atom stereocenters. The van der Waals surface area contributed by atoms with E-state index in [9.17, 15) is 18.0 Å². The van der Waals surface area contributed by atoms with Gasteiger partial charge in [0, 0.05) is 17.8 Å². The quantitative estimate of drug-likeness (QED) is 0.854. The molecule has 1 N–H and O–H groups in total. The third kappa shape index (κ3) is 6.40. The molecular weight excluding hydrogens is 316 g/mol. The van der Waals surface area contributed by atoms with Gasteiger partial charge in [-0.1, -0.05) is 18.2 Å². The van der Waals surface area contributed by atoms with Gasteiger partial charge in [0.2, 0.25) is 11.8 Å². The average Bonchev–Trinajstić information content (AvgIpc) is 2.36. The molecule has 0 bridgehead atoms. The van der Waals surface area contributed by atoms with Crippen LogP contribution in [0.5, 0.6) is 0 Å². The zero-order valence-corrected chi connectivity index (χ0v) is 14.8.